The van der Waals surface area contributed by atoms with Crippen LogP contribution in [0.4, 0.5) is 14.9 Å². The average molecular weight is 370 g/mol. The highest BCUT2D eigenvalue weighted by molar-refractivity contribution is 6.35. The Morgan fingerprint density at radius 3 is 2.46 bits per heavy atom. The van der Waals surface area contributed by atoms with Crippen LogP contribution in [0.1, 0.15) is 11.6 Å². The van der Waals surface area contributed by atoms with Gasteiger partial charge in [0.2, 0.25) is 0 Å². The molecule has 0 radical (unpaired) electrons. The van der Waals surface area contributed by atoms with Crippen molar-refractivity contribution in [1.29, 1.82) is 0 Å². The van der Waals surface area contributed by atoms with E-state index in [2.05, 4.69) is 10.6 Å². The molecule has 128 valence electrons. The molecule has 2 N–H and O–H groups in total. The SMILES string of the molecule is CN(C)C(CNC(=O)Nc1cc(Cl)ccc1Cl)c1ccc(F)cc1. The Morgan fingerprint density at radius 2 is 1.83 bits per heavy atom. The van der Waals surface area contributed by atoms with E-state index < -0.39 is 6.03 Å². The van der Waals surface area contributed by atoms with Crippen LogP contribution in [-0.2, 0) is 0 Å². The third-order valence-corrected chi connectivity index (χ3v) is 4.08. The number of hydrogen-bond donors (Lipinski definition) is 2. The zero-order valence-corrected chi connectivity index (χ0v) is 14.8. The Morgan fingerprint density at radius 1 is 1.17 bits per heavy atom. The van der Waals surface area contributed by atoms with Crippen molar-refractivity contribution in [1.82, 2.24) is 10.2 Å². The zero-order chi connectivity index (χ0) is 17.7. The maximum atomic E-state index is 13.1. The Kier molecular flexibility index (Phi) is 6.43. The molecule has 0 saturated heterocycles. The minimum Gasteiger partial charge on any atom is -0.336 e. The van der Waals surface area contributed by atoms with Crippen LogP contribution < -0.4 is 10.6 Å². The fraction of sp³-hybridized carbons (Fsp3) is 0.235. The van der Waals surface area contributed by atoms with Crippen molar-refractivity contribution in [2.75, 3.05) is 26.0 Å². The molecule has 0 spiro atoms. The van der Waals surface area contributed by atoms with Gasteiger partial charge in [0.15, 0.2) is 0 Å². The number of halogens is 3. The van der Waals surface area contributed by atoms with Gasteiger partial charge in [-0.05, 0) is 50.0 Å². The molecular weight excluding hydrogens is 352 g/mol. The number of carbonyl (C=O) groups excluding carboxylic acids is 1. The maximum absolute atomic E-state index is 13.1. The highest BCUT2D eigenvalue weighted by Crippen LogP contribution is 2.25. The summed E-state index contributed by atoms with van der Waals surface area (Å²) in [6.45, 7) is 0.350. The molecule has 0 saturated carbocycles. The van der Waals surface area contributed by atoms with Gasteiger partial charge in [-0.2, -0.15) is 0 Å². The molecule has 4 nitrogen and oxygen atoms in total. The van der Waals surface area contributed by atoms with Crippen molar-refractivity contribution in [3.05, 3.63) is 63.9 Å². The first-order valence-electron chi connectivity index (χ1n) is 7.28. The molecule has 2 amide bonds. The summed E-state index contributed by atoms with van der Waals surface area (Å²) in [6, 6.07) is 10.5. The number of benzene rings is 2. The van der Waals surface area contributed by atoms with Crippen LogP contribution in [-0.4, -0.2) is 31.6 Å². The van der Waals surface area contributed by atoms with Crippen molar-refractivity contribution in [2.45, 2.75) is 6.04 Å². The van der Waals surface area contributed by atoms with Crippen molar-refractivity contribution >= 4 is 34.9 Å². The van der Waals surface area contributed by atoms with Crippen molar-refractivity contribution in [3.8, 4) is 0 Å². The molecule has 0 aromatic heterocycles. The summed E-state index contributed by atoms with van der Waals surface area (Å²) in [5.74, 6) is -0.294. The normalized spacial score (nSPS) is 12.1. The third kappa shape index (κ3) is 5.09. The summed E-state index contributed by atoms with van der Waals surface area (Å²) in [5.41, 5.74) is 1.34. The van der Waals surface area contributed by atoms with Gasteiger partial charge in [0, 0.05) is 11.6 Å². The largest absolute Gasteiger partial charge is 0.336 e. The number of anilines is 1. The molecule has 1 atom stereocenters. The molecule has 2 rings (SSSR count). The topological polar surface area (TPSA) is 44.4 Å². The van der Waals surface area contributed by atoms with Gasteiger partial charge >= 0.3 is 6.03 Å². The molecule has 0 aliphatic rings. The lowest BCUT2D eigenvalue weighted by atomic mass is 10.1. The van der Waals surface area contributed by atoms with E-state index in [0.717, 1.165) is 5.56 Å². The Labute approximate surface area is 150 Å². The molecular formula is C17H18Cl2FN3O. The number of carbonyl (C=O) groups is 1. The molecule has 24 heavy (non-hydrogen) atoms. The van der Waals surface area contributed by atoms with Crippen molar-refractivity contribution < 1.29 is 9.18 Å². The van der Waals surface area contributed by atoms with Crippen LogP contribution in [0.15, 0.2) is 42.5 Å². The van der Waals surface area contributed by atoms with Gasteiger partial charge < -0.3 is 15.5 Å². The van der Waals surface area contributed by atoms with E-state index in [1.807, 2.05) is 19.0 Å². The average Bonchev–Trinajstić information content (AvgIpc) is 2.52. The molecule has 0 aliphatic carbocycles. The standard InChI is InChI=1S/C17H18Cl2FN3O/c1-23(2)16(11-3-6-13(20)7-4-11)10-21-17(24)22-15-9-12(18)5-8-14(15)19/h3-9,16H,10H2,1-2H3,(H2,21,22,24). The number of hydrogen-bond acceptors (Lipinski definition) is 2. The number of likely N-dealkylation sites (N-methyl/N-ethyl adjacent to an activating group) is 1. The van der Waals surface area contributed by atoms with E-state index in [0.29, 0.717) is 22.3 Å². The van der Waals surface area contributed by atoms with Gasteiger partial charge in [0.25, 0.3) is 0 Å². The van der Waals surface area contributed by atoms with E-state index in [1.165, 1.54) is 12.1 Å². The third-order valence-electron chi connectivity index (χ3n) is 3.51. The maximum Gasteiger partial charge on any atom is 0.319 e. The van der Waals surface area contributed by atoms with E-state index in [1.54, 1.807) is 30.3 Å². The number of nitrogens with zero attached hydrogens (tertiary/aromatic N) is 1. The molecule has 1 unspecified atom stereocenters. The van der Waals surface area contributed by atoms with Gasteiger partial charge in [0.05, 0.1) is 16.8 Å². The van der Waals surface area contributed by atoms with Gasteiger partial charge in [-0.1, -0.05) is 35.3 Å². The summed E-state index contributed by atoms with van der Waals surface area (Å²) < 4.78 is 13.1. The van der Waals surface area contributed by atoms with E-state index in [4.69, 9.17) is 23.2 Å². The predicted octanol–water partition coefficient (Wildman–Crippen LogP) is 4.56. The minimum absolute atomic E-state index is 0.0915. The molecule has 0 fully saturated rings. The molecule has 0 aliphatic heterocycles. The summed E-state index contributed by atoms with van der Waals surface area (Å²) in [5, 5.41) is 6.33. The second-order valence-electron chi connectivity index (χ2n) is 5.49. The first kappa shape index (κ1) is 18.5. The molecule has 2 aromatic carbocycles. The second kappa shape index (κ2) is 8.33. The highest BCUT2D eigenvalue weighted by Gasteiger charge is 2.16. The predicted molar refractivity (Wildman–Crippen MR) is 96.3 cm³/mol. The smallest absolute Gasteiger partial charge is 0.319 e. The van der Waals surface area contributed by atoms with Gasteiger partial charge in [0.1, 0.15) is 5.82 Å². The first-order valence-corrected chi connectivity index (χ1v) is 8.04. The molecule has 7 heteroatoms. The molecule has 0 heterocycles. The number of nitrogens with one attached hydrogen (secondary N) is 2. The second-order valence-corrected chi connectivity index (χ2v) is 6.33. The lowest BCUT2D eigenvalue weighted by Crippen LogP contribution is -2.36. The van der Waals surface area contributed by atoms with Crippen LogP contribution in [0.3, 0.4) is 0 Å². The summed E-state index contributed by atoms with van der Waals surface area (Å²) in [4.78, 5) is 14.0. The monoisotopic (exact) mass is 369 g/mol. The fourth-order valence-corrected chi connectivity index (χ4v) is 2.57. The van der Waals surface area contributed by atoms with Crippen molar-refractivity contribution in [3.63, 3.8) is 0 Å². The summed E-state index contributed by atoms with van der Waals surface area (Å²) >= 11 is 11.9. The van der Waals surface area contributed by atoms with E-state index in [9.17, 15) is 9.18 Å². The first-order chi connectivity index (χ1) is 11.4. The molecule has 2 aromatic rings. The van der Waals surface area contributed by atoms with Gasteiger partial charge in [-0.25, -0.2) is 9.18 Å². The Hall–Kier alpha value is -1.82. The van der Waals surface area contributed by atoms with E-state index in [-0.39, 0.29) is 11.9 Å². The zero-order valence-electron chi connectivity index (χ0n) is 13.3. The Balaban J connectivity index is 2.00. The van der Waals surface area contributed by atoms with Gasteiger partial charge in [-0.3, -0.25) is 0 Å². The number of amides is 2. The summed E-state index contributed by atoms with van der Waals surface area (Å²) in [6.07, 6.45) is 0. The van der Waals surface area contributed by atoms with Gasteiger partial charge in [-0.15, -0.1) is 0 Å². The Bertz CT molecular complexity index is 707. The fourth-order valence-electron chi connectivity index (χ4n) is 2.23. The van der Waals surface area contributed by atoms with Crippen LogP contribution in [0.25, 0.3) is 0 Å². The van der Waals surface area contributed by atoms with Crippen molar-refractivity contribution in [2.24, 2.45) is 0 Å². The summed E-state index contributed by atoms with van der Waals surface area (Å²) in [7, 11) is 3.78. The lowest BCUT2D eigenvalue weighted by molar-refractivity contribution is 0.243. The van der Waals surface area contributed by atoms with Crippen LogP contribution >= 0.6 is 23.2 Å². The lowest BCUT2D eigenvalue weighted by Gasteiger charge is -2.25. The van der Waals surface area contributed by atoms with Crippen LogP contribution in [0.5, 0.6) is 0 Å². The quantitative estimate of drug-likeness (QED) is 0.811. The number of rotatable bonds is 5. The van der Waals surface area contributed by atoms with E-state index >= 15 is 0 Å². The molecule has 0 bridgehead atoms. The van der Waals surface area contributed by atoms with Crippen LogP contribution in [0.2, 0.25) is 10.0 Å². The van der Waals surface area contributed by atoms with Crippen LogP contribution in [0, 0.1) is 5.82 Å². The highest BCUT2D eigenvalue weighted by atomic mass is 35.5. The number of urea groups is 1. The minimum atomic E-state index is -0.395.